The minimum absolute atomic E-state index is 0.624. The highest BCUT2D eigenvalue weighted by molar-refractivity contribution is 5.55. The predicted octanol–water partition coefficient (Wildman–Crippen LogP) is 0.925. The number of pyridine rings is 1. The Bertz CT molecular complexity index is 212. The van der Waals surface area contributed by atoms with Crippen LogP contribution in [-0.4, -0.2) is 11.5 Å². The highest BCUT2D eigenvalue weighted by Gasteiger charge is 2.08. The van der Waals surface area contributed by atoms with Crippen molar-refractivity contribution in [3.63, 3.8) is 0 Å². The number of nitrogens with zero attached hydrogens (tertiary/aromatic N) is 1. The molecule has 0 atom stereocenters. The fourth-order valence-electron chi connectivity index (χ4n) is 0.849. The van der Waals surface area contributed by atoms with Crippen LogP contribution in [0, 0.1) is 6.61 Å². The summed E-state index contributed by atoms with van der Waals surface area (Å²) in [5.41, 5.74) is 0.932. The average molecular weight is 134 g/mol. The first kappa shape index (κ1) is 5.53. The maximum atomic E-state index is 5.07. The Morgan fingerprint density at radius 1 is 1.70 bits per heavy atom. The van der Waals surface area contributed by atoms with E-state index in [0.29, 0.717) is 6.54 Å². The zero-order valence-corrected chi connectivity index (χ0v) is 5.29. The summed E-state index contributed by atoms with van der Waals surface area (Å²) in [4.78, 5) is 3.93. The summed E-state index contributed by atoms with van der Waals surface area (Å²) in [7, 11) is 0. The van der Waals surface area contributed by atoms with Crippen molar-refractivity contribution in [2.75, 3.05) is 11.9 Å². The van der Waals surface area contributed by atoms with Crippen molar-refractivity contribution in [1.82, 2.24) is 4.98 Å². The van der Waals surface area contributed by atoms with Gasteiger partial charge in [0.05, 0.1) is 18.4 Å². The van der Waals surface area contributed by atoms with Crippen LogP contribution in [0.2, 0.25) is 0 Å². The van der Waals surface area contributed by atoms with E-state index in [0.717, 1.165) is 11.4 Å². The van der Waals surface area contributed by atoms with Crippen molar-refractivity contribution in [2.24, 2.45) is 0 Å². The molecule has 1 aromatic rings. The van der Waals surface area contributed by atoms with Crippen LogP contribution in [0.15, 0.2) is 18.5 Å². The Kier molecular flexibility index (Phi) is 1.20. The number of nitrogens with one attached hydrogen (secondary N) is 1. The number of hydrogen-bond acceptors (Lipinski definition) is 3. The quantitative estimate of drug-likeness (QED) is 0.573. The average Bonchev–Trinajstić information content (AvgIpc) is 2.05. The van der Waals surface area contributed by atoms with Crippen LogP contribution in [0.25, 0.3) is 0 Å². The fraction of sp³-hybridized carbons (Fsp3) is 0.143. The number of rotatable bonds is 0. The molecule has 0 aliphatic carbocycles. The fourth-order valence-corrected chi connectivity index (χ4v) is 0.849. The molecule has 0 saturated carbocycles. The monoisotopic (exact) mass is 134 g/mol. The maximum Gasteiger partial charge on any atom is 0.216 e. The third kappa shape index (κ3) is 0.795. The van der Waals surface area contributed by atoms with Crippen molar-refractivity contribution >= 4 is 5.69 Å². The molecule has 2 heterocycles. The van der Waals surface area contributed by atoms with E-state index in [2.05, 4.69) is 16.9 Å². The van der Waals surface area contributed by atoms with E-state index in [-0.39, 0.29) is 0 Å². The van der Waals surface area contributed by atoms with Gasteiger partial charge in [0.2, 0.25) is 6.61 Å². The molecule has 1 aliphatic heterocycles. The molecule has 0 bridgehead atoms. The number of anilines is 1. The number of fused-ring (bicyclic) bond motifs is 1. The Hall–Kier alpha value is -1.25. The molecular formula is C7H6N2O. The molecule has 2 radical (unpaired) electrons. The molecule has 3 heteroatoms. The predicted molar refractivity (Wildman–Crippen MR) is 36.6 cm³/mol. The van der Waals surface area contributed by atoms with E-state index in [4.69, 9.17) is 4.74 Å². The third-order valence-electron chi connectivity index (χ3n) is 1.31. The van der Waals surface area contributed by atoms with Gasteiger partial charge in [-0.05, 0) is 0 Å². The summed E-state index contributed by atoms with van der Waals surface area (Å²) in [5.74, 6) is 0.793. The van der Waals surface area contributed by atoms with E-state index in [1.165, 1.54) is 0 Å². The molecule has 0 fully saturated rings. The lowest BCUT2D eigenvalue weighted by Gasteiger charge is -2.15. The van der Waals surface area contributed by atoms with E-state index in [1.807, 2.05) is 0 Å². The Labute approximate surface area is 59.0 Å². The summed E-state index contributed by atoms with van der Waals surface area (Å²) in [6.07, 6.45) is 3.42. The normalized spacial score (nSPS) is 14.8. The van der Waals surface area contributed by atoms with Gasteiger partial charge in [-0.3, -0.25) is 4.98 Å². The van der Waals surface area contributed by atoms with E-state index in [9.17, 15) is 0 Å². The molecule has 0 amide bonds. The van der Waals surface area contributed by atoms with Gasteiger partial charge in [-0.2, -0.15) is 0 Å². The van der Waals surface area contributed by atoms with Crippen LogP contribution in [0.4, 0.5) is 5.69 Å². The second kappa shape index (κ2) is 2.17. The standard InChI is InChI=1S/C7H6N2O/c1-2-8-5-6-7(1)10-4-3-9-6/h1-2,5,9H,3H2. The molecule has 10 heavy (non-hydrogen) atoms. The van der Waals surface area contributed by atoms with E-state index < -0.39 is 0 Å². The van der Waals surface area contributed by atoms with Gasteiger partial charge < -0.3 is 10.1 Å². The highest BCUT2D eigenvalue weighted by atomic mass is 16.5. The topological polar surface area (TPSA) is 34.2 Å². The van der Waals surface area contributed by atoms with Gasteiger partial charge in [-0.15, -0.1) is 0 Å². The molecule has 3 nitrogen and oxygen atoms in total. The van der Waals surface area contributed by atoms with Crippen LogP contribution in [0.5, 0.6) is 5.75 Å². The lowest BCUT2D eigenvalue weighted by atomic mass is 10.3. The minimum atomic E-state index is 0.624. The Morgan fingerprint density at radius 2 is 2.70 bits per heavy atom. The van der Waals surface area contributed by atoms with Gasteiger partial charge in [-0.1, -0.05) is 0 Å². The molecule has 0 unspecified atom stereocenters. The first-order valence-corrected chi connectivity index (χ1v) is 3.04. The largest absolute Gasteiger partial charge is 0.474 e. The summed E-state index contributed by atoms with van der Waals surface area (Å²) in [6.45, 7) is 3.33. The van der Waals surface area contributed by atoms with E-state index >= 15 is 0 Å². The van der Waals surface area contributed by atoms with Gasteiger partial charge in [0.1, 0.15) is 5.75 Å². The molecule has 0 aromatic carbocycles. The lowest BCUT2D eigenvalue weighted by Crippen LogP contribution is -2.12. The van der Waals surface area contributed by atoms with Crippen LogP contribution in [0.1, 0.15) is 0 Å². The first-order valence-electron chi connectivity index (χ1n) is 3.04. The van der Waals surface area contributed by atoms with E-state index in [1.54, 1.807) is 18.5 Å². The summed E-state index contributed by atoms with van der Waals surface area (Å²) >= 11 is 0. The molecular weight excluding hydrogens is 128 g/mol. The SMILES string of the molecule is [C]1CNc2cnccc2O1. The second-order valence-corrected chi connectivity index (χ2v) is 1.97. The highest BCUT2D eigenvalue weighted by Crippen LogP contribution is 2.25. The summed E-state index contributed by atoms with van der Waals surface area (Å²) in [5, 5.41) is 3.06. The third-order valence-corrected chi connectivity index (χ3v) is 1.31. The second-order valence-electron chi connectivity index (χ2n) is 1.97. The molecule has 1 aromatic heterocycles. The smallest absolute Gasteiger partial charge is 0.216 e. The van der Waals surface area contributed by atoms with Crippen molar-refractivity contribution < 1.29 is 4.74 Å². The molecule has 50 valence electrons. The molecule has 1 aliphatic rings. The van der Waals surface area contributed by atoms with Crippen LogP contribution in [0.3, 0.4) is 0 Å². The number of aromatic nitrogens is 1. The van der Waals surface area contributed by atoms with Crippen LogP contribution < -0.4 is 10.1 Å². The van der Waals surface area contributed by atoms with Gasteiger partial charge in [0.25, 0.3) is 0 Å². The lowest BCUT2D eigenvalue weighted by molar-refractivity contribution is 0.400. The molecule has 1 N–H and O–H groups in total. The van der Waals surface area contributed by atoms with Crippen LogP contribution >= 0.6 is 0 Å². The van der Waals surface area contributed by atoms with Crippen molar-refractivity contribution in [1.29, 1.82) is 0 Å². The van der Waals surface area contributed by atoms with Crippen LogP contribution in [-0.2, 0) is 0 Å². The van der Waals surface area contributed by atoms with Gasteiger partial charge in [0.15, 0.2) is 0 Å². The number of hydrogen-bond donors (Lipinski definition) is 1. The molecule has 2 rings (SSSR count). The van der Waals surface area contributed by atoms with Crippen molar-refractivity contribution in [3.8, 4) is 5.75 Å². The first-order chi connectivity index (χ1) is 4.97. The Morgan fingerprint density at radius 3 is 3.60 bits per heavy atom. The number of ether oxygens (including phenoxy) is 1. The van der Waals surface area contributed by atoms with Crippen molar-refractivity contribution in [2.45, 2.75) is 0 Å². The van der Waals surface area contributed by atoms with Gasteiger partial charge >= 0.3 is 0 Å². The van der Waals surface area contributed by atoms with Crippen molar-refractivity contribution in [3.05, 3.63) is 25.1 Å². The zero-order valence-electron chi connectivity index (χ0n) is 5.29. The minimum Gasteiger partial charge on any atom is -0.474 e. The molecule has 0 spiro atoms. The Balaban J connectivity index is 2.41. The zero-order chi connectivity index (χ0) is 6.81. The van der Waals surface area contributed by atoms with Gasteiger partial charge in [0, 0.05) is 12.3 Å². The summed E-state index contributed by atoms with van der Waals surface area (Å²) < 4.78 is 5.07. The molecule has 0 saturated heterocycles. The maximum absolute atomic E-state index is 5.07. The summed E-state index contributed by atoms with van der Waals surface area (Å²) in [6, 6.07) is 1.80. The van der Waals surface area contributed by atoms with Gasteiger partial charge in [-0.25, -0.2) is 0 Å².